The van der Waals surface area contributed by atoms with Crippen molar-refractivity contribution in [1.29, 1.82) is 0 Å². The first kappa shape index (κ1) is 11.6. The molecule has 1 aliphatic carbocycles. The van der Waals surface area contributed by atoms with Crippen LogP contribution < -0.4 is 5.32 Å². The third kappa shape index (κ3) is 2.12. The van der Waals surface area contributed by atoms with Crippen LogP contribution in [0.1, 0.15) is 26.7 Å². The number of hydrogen-bond acceptors (Lipinski definition) is 3. The van der Waals surface area contributed by atoms with Crippen LogP contribution in [0.2, 0.25) is 0 Å². The van der Waals surface area contributed by atoms with Crippen molar-refractivity contribution in [3.05, 3.63) is 0 Å². The van der Waals surface area contributed by atoms with Gasteiger partial charge in [-0.25, -0.2) is 0 Å². The van der Waals surface area contributed by atoms with E-state index in [9.17, 15) is 9.59 Å². The number of imide groups is 1. The van der Waals surface area contributed by atoms with E-state index in [1.165, 1.54) is 4.90 Å². The Labute approximate surface area is 96.4 Å². The maximum atomic E-state index is 11.7. The first-order chi connectivity index (χ1) is 7.65. The van der Waals surface area contributed by atoms with Crippen molar-refractivity contribution in [1.82, 2.24) is 10.2 Å². The predicted octanol–water partition coefficient (Wildman–Crippen LogP) is 0.627. The number of carbonyl (C=O) groups excluding carboxylic acids is 2. The highest BCUT2D eigenvalue weighted by Crippen LogP contribution is 2.47. The van der Waals surface area contributed by atoms with Gasteiger partial charge in [0.05, 0.1) is 11.8 Å². The highest BCUT2D eigenvalue weighted by molar-refractivity contribution is 6.08. The monoisotopic (exact) mass is 224 g/mol. The molecule has 1 heterocycles. The molecule has 90 valence electrons. The fraction of sp³-hybridized carbons (Fsp3) is 0.833. The van der Waals surface area contributed by atoms with Crippen LogP contribution in [0.4, 0.5) is 0 Å². The van der Waals surface area contributed by atoms with Gasteiger partial charge in [0.2, 0.25) is 11.8 Å². The van der Waals surface area contributed by atoms with Gasteiger partial charge < -0.3 is 5.32 Å². The van der Waals surface area contributed by atoms with Crippen molar-refractivity contribution < 1.29 is 9.59 Å². The van der Waals surface area contributed by atoms with Crippen LogP contribution in [0, 0.1) is 17.8 Å². The molecule has 2 aliphatic rings. The number of nitrogens with zero attached hydrogens (tertiary/aromatic N) is 1. The van der Waals surface area contributed by atoms with Crippen molar-refractivity contribution in [2.24, 2.45) is 17.8 Å². The van der Waals surface area contributed by atoms with Crippen molar-refractivity contribution in [2.45, 2.75) is 26.7 Å². The number of amides is 2. The Morgan fingerprint density at radius 2 is 2.00 bits per heavy atom. The van der Waals surface area contributed by atoms with Gasteiger partial charge in [0, 0.05) is 6.54 Å². The largest absolute Gasteiger partial charge is 0.316 e. The lowest BCUT2D eigenvalue weighted by Crippen LogP contribution is -2.39. The van der Waals surface area contributed by atoms with Gasteiger partial charge in [0.1, 0.15) is 0 Å². The van der Waals surface area contributed by atoms with Gasteiger partial charge in [-0.2, -0.15) is 0 Å². The minimum Gasteiger partial charge on any atom is -0.316 e. The average Bonchev–Trinajstić information content (AvgIpc) is 3.00. The molecule has 0 aromatic rings. The maximum absolute atomic E-state index is 11.7. The molecule has 1 saturated carbocycles. The van der Waals surface area contributed by atoms with Gasteiger partial charge in [0.25, 0.3) is 0 Å². The Bertz CT molecular complexity index is 283. The Balaban J connectivity index is 1.77. The van der Waals surface area contributed by atoms with Crippen molar-refractivity contribution in [3.8, 4) is 0 Å². The number of carbonyl (C=O) groups is 2. The molecule has 4 heteroatoms. The topological polar surface area (TPSA) is 49.4 Å². The van der Waals surface area contributed by atoms with Crippen LogP contribution in [0.15, 0.2) is 0 Å². The first-order valence-electron chi connectivity index (χ1n) is 6.21. The summed E-state index contributed by atoms with van der Waals surface area (Å²) in [6.07, 6.45) is 1.91. The Morgan fingerprint density at radius 3 is 2.56 bits per heavy atom. The van der Waals surface area contributed by atoms with E-state index in [1.54, 1.807) is 0 Å². The second-order valence-corrected chi connectivity index (χ2v) is 5.05. The summed E-state index contributed by atoms with van der Waals surface area (Å²) < 4.78 is 0. The number of fused-ring (bicyclic) bond motifs is 1. The number of piperidine rings is 1. The van der Waals surface area contributed by atoms with Gasteiger partial charge in [-0.05, 0) is 31.8 Å². The smallest absolute Gasteiger partial charge is 0.233 e. The predicted molar refractivity (Wildman–Crippen MR) is 60.6 cm³/mol. The van der Waals surface area contributed by atoms with E-state index in [2.05, 4.69) is 19.2 Å². The van der Waals surface area contributed by atoms with Crippen LogP contribution in [0.25, 0.3) is 0 Å². The molecule has 3 atom stereocenters. The summed E-state index contributed by atoms with van der Waals surface area (Å²) in [5, 5.41) is 3.31. The number of rotatable bonds is 6. The van der Waals surface area contributed by atoms with Crippen LogP contribution in [0.3, 0.4) is 0 Å². The number of hydrogen-bond donors (Lipinski definition) is 1. The standard InChI is InChI=1S/C12H20N2O2/c1-3-4-13-6-8(2)7-14-11(15)9-5-10(9)12(14)16/h8-10,13H,3-7H2,1-2H3. The van der Waals surface area contributed by atoms with E-state index in [0.29, 0.717) is 12.5 Å². The molecule has 1 N–H and O–H groups in total. The van der Waals surface area contributed by atoms with Gasteiger partial charge in [-0.1, -0.05) is 13.8 Å². The second-order valence-electron chi connectivity index (χ2n) is 5.05. The minimum atomic E-state index is 0.0447. The SMILES string of the molecule is CCCNCC(C)CN1C(=O)C2CC2C1=O. The lowest BCUT2D eigenvalue weighted by molar-refractivity contribution is -0.141. The summed E-state index contributed by atoms with van der Waals surface area (Å²) in [6.45, 7) is 6.66. The lowest BCUT2D eigenvalue weighted by Gasteiger charge is -2.21. The molecule has 0 aromatic carbocycles. The minimum absolute atomic E-state index is 0.0447. The molecular formula is C12H20N2O2. The summed E-state index contributed by atoms with van der Waals surface area (Å²) >= 11 is 0. The van der Waals surface area contributed by atoms with Crippen LogP contribution >= 0.6 is 0 Å². The highest BCUT2D eigenvalue weighted by Gasteiger charge is 2.58. The number of nitrogens with one attached hydrogen (secondary N) is 1. The quantitative estimate of drug-likeness (QED) is 0.532. The van der Waals surface area contributed by atoms with Crippen molar-refractivity contribution >= 4 is 11.8 Å². The fourth-order valence-corrected chi connectivity index (χ4v) is 2.33. The summed E-state index contributed by atoms with van der Waals surface area (Å²) in [5.41, 5.74) is 0. The third-order valence-corrected chi connectivity index (χ3v) is 3.37. The molecule has 1 aliphatic heterocycles. The van der Waals surface area contributed by atoms with E-state index in [4.69, 9.17) is 0 Å². The van der Waals surface area contributed by atoms with E-state index in [-0.39, 0.29) is 23.7 Å². The molecule has 2 amide bonds. The van der Waals surface area contributed by atoms with E-state index >= 15 is 0 Å². The zero-order chi connectivity index (χ0) is 11.7. The van der Waals surface area contributed by atoms with Gasteiger partial charge in [-0.15, -0.1) is 0 Å². The summed E-state index contributed by atoms with van der Waals surface area (Å²) in [4.78, 5) is 24.9. The van der Waals surface area contributed by atoms with Gasteiger partial charge in [-0.3, -0.25) is 14.5 Å². The van der Waals surface area contributed by atoms with Crippen LogP contribution in [-0.2, 0) is 9.59 Å². The summed E-state index contributed by atoms with van der Waals surface area (Å²) in [6, 6.07) is 0. The molecule has 3 unspecified atom stereocenters. The molecule has 4 nitrogen and oxygen atoms in total. The third-order valence-electron chi connectivity index (χ3n) is 3.37. The molecule has 0 radical (unpaired) electrons. The highest BCUT2D eigenvalue weighted by atomic mass is 16.2. The van der Waals surface area contributed by atoms with E-state index in [0.717, 1.165) is 25.9 Å². The van der Waals surface area contributed by atoms with Gasteiger partial charge >= 0.3 is 0 Å². The van der Waals surface area contributed by atoms with E-state index < -0.39 is 0 Å². The van der Waals surface area contributed by atoms with Crippen molar-refractivity contribution in [3.63, 3.8) is 0 Å². The zero-order valence-electron chi connectivity index (χ0n) is 10.0. The van der Waals surface area contributed by atoms with Crippen molar-refractivity contribution in [2.75, 3.05) is 19.6 Å². The molecule has 2 rings (SSSR count). The molecular weight excluding hydrogens is 204 g/mol. The molecule has 2 fully saturated rings. The summed E-state index contributed by atoms with van der Waals surface area (Å²) in [5.74, 6) is 0.568. The molecule has 16 heavy (non-hydrogen) atoms. The van der Waals surface area contributed by atoms with Crippen LogP contribution in [0.5, 0.6) is 0 Å². The summed E-state index contributed by atoms with van der Waals surface area (Å²) in [7, 11) is 0. The fourth-order valence-electron chi connectivity index (χ4n) is 2.33. The molecule has 0 aromatic heterocycles. The first-order valence-corrected chi connectivity index (χ1v) is 6.21. The van der Waals surface area contributed by atoms with Crippen LogP contribution in [-0.4, -0.2) is 36.3 Å². The molecule has 0 bridgehead atoms. The average molecular weight is 224 g/mol. The normalized spacial score (nSPS) is 29.5. The second kappa shape index (κ2) is 4.53. The van der Waals surface area contributed by atoms with Gasteiger partial charge in [0.15, 0.2) is 0 Å². The molecule has 0 spiro atoms. The lowest BCUT2D eigenvalue weighted by atomic mass is 10.1. The maximum Gasteiger partial charge on any atom is 0.233 e. The van der Waals surface area contributed by atoms with E-state index in [1.807, 2.05) is 0 Å². The number of likely N-dealkylation sites (tertiary alicyclic amines) is 1. The zero-order valence-corrected chi connectivity index (χ0v) is 10.0. The Morgan fingerprint density at radius 1 is 1.38 bits per heavy atom. The Kier molecular flexibility index (Phi) is 3.28. The molecule has 1 saturated heterocycles. The Hall–Kier alpha value is -0.900.